The Bertz CT molecular complexity index is 776. The quantitative estimate of drug-likeness (QED) is 0.589. The molecule has 26 heavy (non-hydrogen) atoms. The van der Waals surface area contributed by atoms with E-state index in [9.17, 15) is 4.79 Å². The van der Waals surface area contributed by atoms with Gasteiger partial charge in [0.25, 0.3) is 5.91 Å². The molecule has 1 fully saturated rings. The lowest BCUT2D eigenvalue weighted by Gasteiger charge is -2.50. The fourth-order valence-corrected chi connectivity index (χ4v) is 3.21. The first-order valence-electron chi connectivity index (χ1n) is 8.61. The van der Waals surface area contributed by atoms with Crippen molar-refractivity contribution >= 4 is 17.4 Å². The zero-order chi connectivity index (χ0) is 18.7. The summed E-state index contributed by atoms with van der Waals surface area (Å²) in [6.45, 7) is 2.67. The van der Waals surface area contributed by atoms with Gasteiger partial charge >= 0.3 is 0 Å². The Morgan fingerprint density at radius 3 is 2.58 bits per heavy atom. The van der Waals surface area contributed by atoms with Gasteiger partial charge in [0.2, 0.25) is 0 Å². The van der Waals surface area contributed by atoms with Crippen molar-refractivity contribution in [2.45, 2.75) is 19.0 Å². The second kappa shape index (κ2) is 7.74. The van der Waals surface area contributed by atoms with E-state index in [1.807, 2.05) is 18.1 Å². The van der Waals surface area contributed by atoms with Crippen molar-refractivity contribution in [3.05, 3.63) is 59.8 Å². The fourth-order valence-electron chi connectivity index (χ4n) is 3.21. The Balaban J connectivity index is 1.67. The predicted octanol–water partition coefficient (Wildman–Crippen LogP) is 1.48. The molecule has 2 aromatic rings. The van der Waals surface area contributed by atoms with Crippen molar-refractivity contribution in [3.8, 4) is 0 Å². The van der Waals surface area contributed by atoms with Gasteiger partial charge in [-0.2, -0.15) is 0 Å². The first-order chi connectivity index (χ1) is 12.5. The molecule has 1 aliphatic rings. The van der Waals surface area contributed by atoms with Gasteiger partial charge in [0.15, 0.2) is 0 Å². The molecule has 136 valence electrons. The number of benzene rings is 1. The maximum atomic E-state index is 12.3. The summed E-state index contributed by atoms with van der Waals surface area (Å²) in [5.41, 5.74) is 10.9. The number of carbonyl (C=O) groups excluding carboxylic acids is 1. The maximum Gasteiger partial charge on any atom is 0.256 e. The van der Waals surface area contributed by atoms with Crippen LogP contribution in [0.25, 0.3) is 0 Å². The van der Waals surface area contributed by atoms with E-state index in [1.165, 1.54) is 0 Å². The van der Waals surface area contributed by atoms with Crippen molar-refractivity contribution < 1.29 is 4.79 Å². The molecule has 2 unspecified atom stereocenters. The number of nitrogens with zero attached hydrogens (tertiary/aromatic N) is 2. The zero-order valence-electron chi connectivity index (χ0n) is 14.9. The minimum atomic E-state index is -0.224. The molecule has 0 aliphatic carbocycles. The molecule has 0 radical (unpaired) electrons. The molecule has 3 rings (SSSR count). The van der Waals surface area contributed by atoms with Crippen LogP contribution >= 0.6 is 0 Å². The average molecular weight is 352 g/mol. The number of nitrogens with two attached hydrogens (primary N) is 1. The number of likely N-dealkylation sites (N-methyl/N-ethyl adjacent to an activating group) is 1. The standard InChI is InChI=1S/C19H24N6O/c1-12(11-20)18-17(24-25(18)2)16(21)13-6-8-14(9-7-13)19(26)23-15-5-3-4-10-22-15/h3-10,12,17-18,21,24H,11,20H2,1-2H3,(H,22,23,26)/t12?,17?,18-/m0/s1. The van der Waals surface area contributed by atoms with Gasteiger partial charge in [-0.25, -0.2) is 15.4 Å². The molecule has 1 aromatic heterocycles. The Kier molecular flexibility index (Phi) is 5.41. The molecule has 0 saturated carbocycles. The van der Waals surface area contributed by atoms with Crippen LogP contribution in [0.4, 0.5) is 5.82 Å². The number of amides is 1. The zero-order valence-corrected chi connectivity index (χ0v) is 14.9. The van der Waals surface area contributed by atoms with E-state index in [2.05, 4.69) is 22.7 Å². The predicted molar refractivity (Wildman–Crippen MR) is 102 cm³/mol. The Morgan fingerprint density at radius 1 is 1.31 bits per heavy atom. The molecule has 2 heterocycles. The third kappa shape index (κ3) is 3.65. The maximum absolute atomic E-state index is 12.3. The van der Waals surface area contributed by atoms with Crippen LogP contribution in [0.5, 0.6) is 0 Å². The van der Waals surface area contributed by atoms with Crippen molar-refractivity contribution in [1.82, 2.24) is 15.4 Å². The molecule has 7 heteroatoms. The SMILES string of the molecule is CC(CN)[C@H]1C(C(=N)c2ccc(C(=O)Nc3ccccn3)cc2)NN1C. The van der Waals surface area contributed by atoms with Crippen LogP contribution in [-0.2, 0) is 0 Å². The van der Waals surface area contributed by atoms with Gasteiger partial charge in [0, 0.05) is 18.8 Å². The Morgan fingerprint density at radius 2 is 2.00 bits per heavy atom. The number of pyridine rings is 1. The van der Waals surface area contributed by atoms with Crippen LogP contribution in [0.2, 0.25) is 0 Å². The summed E-state index contributed by atoms with van der Waals surface area (Å²) in [6.07, 6.45) is 1.63. The summed E-state index contributed by atoms with van der Waals surface area (Å²) in [4.78, 5) is 16.4. The van der Waals surface area contributed by atoms with Crippen molar-refractivity contribution in [2.75, 3.05) is 18.9 Å². The molecule has 7 nitrogen and oxygen atoms in total. The van der Waals surface area contributed by atoms with Crippen LogP contribution in [0.15, 0.2) is 48.7 Å². The minimum Gasteiger partial charge on any atom is -0.330 e. The van der Waals surface area contributed by atoms with Gasteiger partial charge in [-0.05, 0) is 42.3 Å². The second-order valence-corrected chi connectivity index (χ2v) is 6.58. The molecule has 1 amide bonds. The lowest BCUT2D eigenvalue weighted by atomic mass is 9.86. The number of rotatable bonds is 6. The lowest BCUT2D eigenvalue weighted by molar-refractivity contribution is -0.00432. The minimum absolute atomic E-state index is 0.0632. The molecule has 5 N–H and O–H groups in total. The molecular weight excluding hydrogens is 328 g/mol. The van der Waals surface area contributed by atoms with Crippen LogP contribution in [-0.4, -0.2) is 47.3 Å². The van der Waals surface area contributed by atoms with Crippen molar-refractivity contribution in [3.63, 3.8) is 0 Å². The number of aromatic nitrogens is 1. The molecular formula is C19H24N6O. The highest BCUT2D eigenvalue weighted by Gasteiger charge is 2.41. The van der Waals surface area contributed by atoms with Gasteiger partial charge in [-0.15, -0.1) is 0 Å². The van der Waals surface area contributed by atoms with Crippen LogP contribution in [0, 0.1) is 11.3 Å². The fraction of sp³-hybridized carbons (Fsp3) is 0.316. The molecule has 1 aliphatic heterocycles. The highest BCUT2D eigenvalue weighted by molar-refractivity contribution is 6.06. The van der Waals surface area contributed by atoms with E-state index in [0.29, 0.717) is 23.6 Å². The Labute approximate surface area is 153 Å². The molecule has 0 spiro atoms. The average Bonchev–Trinajstić information content (AvgIpc) is 2.66. The number of carbonyl (C=O) groups is 1. The largest absolute Gasteiger partial charge is 0.330 e. The molecule has 0 bridgehead atoms. The summed E-state index contributed by atoms with van der Waals surface area (Å²) in [5.74, 6) is 0.572. The highest BCUT2D eigenvalue weighted by atomic mass is 16.1. The number of hydrogen-bond acceptors (Lipinski definition) is 6. The van der Waals surface area contributed by atoms with E-state index < -0.39 is 0 Å². The monoisotopic (exact) mass is 352 g/mol. The van der Waals surface area contributed by atoms with Crippen LogP contribution in [0.1, 0.15) is 22.8 Å². The van der Waals surface area contributed by atoms with Gasteiger partial charge < -0.3 is 16.5 Å². The van der Waals surface area contributed by atoms with Gasteiger partial charge in [0.05, 0.1) is 17.8 Å². The molecule has 1 aromatic carbocycles. The number of hydrogen-bond donors (Lipinski definition) is 4. The summed E-state index contributed by atoms with van der Waals surface area (Å²) >= 11 is 0. The number of anilines is 1. The molecule has 3 atom stereocenters. The molecule has 1 saturated heterocycles. The smallest absolute Gasteiger partial charge is 0.256 e. The van der Waals surface area contributed by atoms with Crippen molar-refractivity contribution in [2.24, 2.45) is 11.7 Å². The van der Waals surface area contributed by atoms with E-state index in [4.69, 9.17) is 11.1 Å². The summed E-state index contributed by atoms with van der Waals surface area (Å²) < 4.78 is 0. The van der Waals surface area contributed by atoms with Gasteiger partial charge in [-0.3, -0.25) is 4.79 Å². The first kappa shape index (κ1) is 18.2. The highest BCUT2D eigenvalue weighted by Crippen LogP contribution is 2.23. The van der Waals surface area contributed by atoms with Crippen LogP contribution < -0.4 is 16.5 Å². The van der Waals surface area contributed by atoms with Gasteiger partial charge in [-0.1, -0.05) is 25.1 Å². The lowest BCUT2D eigenvalue weighted by Crippen LogP contribution is -2.73. The van der Waals surface area contributed by atoms with E-state index >= 15 is 0 Å². The first-order valence-corrected chi connectivity index (χ1v) is 8.61. The van der Waals surface area contributed by atoms with E-state index in [-0.39, 0.29) is 23.9 Å². The third-order valence-corrected chi connectivity index (χ3v) is 4.76. The summed E-state index contributed by atoms with van der Waals surface area (Å²) in [6, 6.07) is 12.5. The summed E-state index contributed by atoms with van der Waals surface area (Å²) in [5, 5.41) is 13.2. The third-order valence-electron chi connectivity index (χ3n) is 4.76. The van der Waals surface area contributed by atoms with Crippen molar-refractivity contribution in [1.29, 1.82) is 5.41 Å². The van der Waals surface area contributed by atoms with Crippen LogP contribution in [0.3, 0.4) is 0 Å². The second-order valence-electron chi connectivity index (χ2n) is 6.58. The normalized spacial score (nSPS) is 20.9. The van der Waals surface area contributed by atoms with E-state index in [0.717, 1.165) is 5.56 Å². The van der Waals surface area contributed by atoms with E-state index in [1.54, 1.807) is 42.6 Å². The number of nitrogens with one attached hydrogen (secondary N) is 3. The number of hydrazine groups is 1. The summed E-state index contributed by atoms with van der Waals surface area (Å²) in [7, 11) is 1.96. The topological polar surface area (TPSA) is 107 Å². The Hall–Kier alpha value is -2.61. The van der Waals surface area contributed by atoms with Gasteiger partial charge in [0.1, 0.15) is 5.82 Å².